The van der Waals surface area contributed by atoms with E-state index in [9.17, 15) is 22.8 Å². The molecular weight excluding hydrogens is 467 g/mol. The second kappa shape index (κ2) is 8.21. The van der Waals surface area contributed by atoms with E-state index in [1.54, 1.807) is 21.9 Å². The van der Waals surface area contributed by atoms with Gasteiger partial charge in [-0.15, -0.1) is 0 Å². The first-order chi connectivity index (χ1) is 16.8. The number of ether oxygens (including phenoxy) is 1. The molecule has 186 valence electrons. The maximum atomic E-state index is 13.4. The highest BCUT2D eigenvalue weighted by Crippen LogP contribution is 2.35. The highest BCUT2D eigenvalue weighted by Gasteiger charge is 2.43. The number of fused-ring (bicyclic) bond motifs is 3. The molecule has 1 N–H and O–H groups in total. The molecule has 2 unspecified atom stereocenters. The van der Waals surface area contributed by atoms with Gasteiger partial charge in [0.1, 0.15) is 0 Å². The molecule has 12 heteroatoms. The summed E-state index contributed by atoms with van der Waals surface area (Å²) in [6.45, 7) is 1.55. The topological polar surface area (TPSA) is 101 Å². The van der Waals surface area contributed by atoms with Gasteiger partial charge in [0.15, 0.2) is 0 Å². The lowest BCUT2D eigenvalue weighted by Crippen LogP contribution is -2.63. The molecule has 1 aliphatic carbocycles. The monoisotopic (exact) mass is 491 g/mol. The molecule has 0 radical (unpaired) electrons. The molecule has 5 aliphatic rings. The number of nitrogens with one attached hydrogen (secondary N) is 1. The third kappa shape index (κ3) is 4.03. The predicted molar refractivity (Wildman–Crippen MR) is 114 cm³/mol. The molecule has 4 aliphatic heterocycles. The van der Waals surface area contributed by atoms with E-state index in [1.165, 1.54) is 6.07 Å². The molecule has 4 atom stereocenters. The van der Waals surface area contributed by atoms with Crippen molar-refractivity contribution in [3.05, 3.63) is 35.2 Å². The van der Waals surface area contributed by atoms with Gasteiger partial charge in [0, 0.05) is 37.2 Å². The number of carbonyl (C=O) groups is 2. The molecule has 2 bridgehead atoms. The Hall–Kier alpha value is -3.15. The largest absolute Gasteiger partial charge is 0.471 e. The summed E-state index contributed by atoms with van der Waals surface area (Å²) >= 11 is 0. The predicted octanol–water partition coefficient (Wildman–Crippen LogP) is 3.21. The van der Waals surface area contributed by atoms with Crippen LogP contribution < -0.4 is 5.32 Å². The Labute approximate surface area is 198 Å². The Morgan fingerprint density at radius 2 is 1.89 bits per heavy atom. The van der Waals surface area contributed by atoms with E-state index in [-0.39, 0.29) is 47.6 Å². The Bertz CT molecular complexity index is 1150. The van der Waals surface area contributed by atoms with Gasteiger partial charge in [0.25, 0.3) is 5.91 Å². The van der Waals surface area contributed by atoms with Crippen LogP contribution in [0.15, 0.2) is 22.7 Å². The molecule has 3 saturated heterocycles. The molecule has 1 saturated carbocycles. The number of halogens is 3. The summed E-state index contributed by atoms with van der Waals surface area (Å²) in [5.74, 6) is -1.86. The van der Waals surface area contributed by atoms with Gasteiger partial charge in [-0.05, 0) is 24.5 Å². The molecule has 9 nitrogen and oxygen atoms in total. The number of hydrogen-bond acceptors (Lipinski definition) is 6. The Morgan fingerprint density at radius 3 is 2.60 bits per heavy atom. The van der Waals surface area contributed by atoms with Crippen LogP contribution in [0.5, 0.6) is 0 Å². The average Bonchev–Trinajstić information content (AvgIpc) is 3.44. The van der Waals surface area contributed by atoms with Crippen molar-refractivity contribution in [1.82, 2.24) is 25.3 Å². The van der Waals surface area contributed by atoms with Crippen molar-refractivity contribution in [3.8, 4) is 11.4 Å². The number of morpholine rings is 1. The van der Waals surface area contributed by atoms with Gasteiger partial charge in [-0.2, -0.15) is 18.2 Å². The third-order valence-corrected chi connectivity index (χ3v) is 7.35. The zero-order valence-corrected chi connectivity index (χ0v) is 18.8. The number of nitrogens with zero attached hydrogens (tertiary/aromatic N) is 4. The number of urea groups is 1. The fourth-order valence-electron chi connectivity index (χ4n) is 5.61. The average molecular weight is 491 g/mol. The van der Waals surface area contributed by atoms with Crippen LogP contribution in [0.1, 0.15) is 53.9 Å². The number of carbonyl (C=O) groups excluding carboxylic acids is 2. The SMILES string of the molecule is O=C(N[C@@H]1CCCC[C@H]1N1Cc2ccc(-c3noc(C(F)(F)F)n3)cc2C1=O)N1CC2CC(C1)O2. The lowest BCUT2D eigenvalue weighted by atomic mass is 9.89. The summed E-state index contributed by atoms with van der Waals surface area (Å²) in [4.78, 5) is 33.3. The van der Waals surface area contributed by atoms with Crippen molar-refractivity contribution in [1.29, 1.82) is 0 Å². The number of amides is 3. The van der Waals surface area contributed by atoms with Crippen LogP contribution >= 0.6 is 0 Å². The molecule has 1 aromatic carbocycles. The number of benzene rings is 1. The molecule has 4 fully saturated rings. The van der Waals surface area contributed by atoms with Crippen LogP contribution in [0.4, 0.5) is 18.0 Å². The maximum absolute atomic E-state index is 13.4. The van der Waals surface area contributed by atoms with Crippen molar-refractivity contribution in [2.24, 2.45) is 0 Å². The van der Waals surface area contributed by atoms with Gasteiger partial charge in [0.05, 0.1) is 24.3 Å². The highest BCUT2D eigenvalue weighted by molar-refractivity contribution is 5.99. The van der Waals surface area contributed by atoms with E-state index in [0.717, 1.165) is 37.7 Å². The summed E-state index contributed by atoms with van der Waals surface area (Å²) in [7, 11) is 0. The van der Waals surface area contributed by atoms with Crippen molar-refractivity contribution in [2.45, 2.75) is 69.1 Å². The van der Waals surface area contributed by atoms with Crippen molar-refractivity contribution in [3.63, 3.8) is 0 Å². The van der Waals surface area contributed by atoms with Crippen LogP contribution in [0.2, 0.25) is 0 Å². The van der Waals surface area contributed by atoms with Crippen molar-refractivity contribution >= 4 is 11.9 Å². The van der Waals surface area contributed by atoms with Crippen LogP contribution in [-0.2, 0) is 17.5 Å². The molecular formula is C23H24F3N5O4. The van der Waals surface area contributed by atoms with Crippen molar-refractivity contribution < 1.29 is 32.0 Å². The van der Waals surface area contributed by atoms with Crippen molar-refractivity contribution in [2.75, 3.05) is 13.1 Å². The van der Waals surface area contributed by atoms with Crippen LogP contribution in [0.25, 0.3) is 11.4 Å². The molecule has 0 spiro atoms. The quantitative estimate of drug-likeness (QED) is 0.708. The Kier molecular flexibility index (Phi) is 5.24. The molecule has 7 rings (SSSR count). The second-order valence-electron chi connectivity index (χ2n) is 9.65. The second-order valence-corrected chi connectivity index (χ2v) is 9.65. The van der Waals surface area contributed by atoms with Gasteiger partial charge >= 0.3 is 18.1 Å². The van der Waals surface area contributed by atoms with Gasteiger partial charge < -0.3 is 24.4 Å². The number of alkyl halides is 3. The first-order valence-corrected chi connectivity index (χ1v) is 11.8. The number of piperidine rings is 1. The van der Waals surface area contributed by atoms with E-state index in [2.05, 4.69) is 20.0 Å². The Morgan fingerprint density at radius 1 is 1.14 bits per heavy atom. The number of rotatable bonds is 3. The fourth-order valence-corrected chi connectivity index (χ4v) is 5.61. The smallest absolute Gasteiger partial charge is 0.371 e. The summed E-state index contributed by atoms with van der Waals surface area (Å²) in [6.07, 6.45) is -0.0279. The van der Waals surface area contributed by atoms with Crippen LogP contribution in [0, 0.1) is 0 Å². The maximum Gasteiger partial charge on any atom is 0.471 e. The zero-order chi connectivity index (χ0) is 24.3. The highest BCUT2D eigenvalue weighted by atomic mass is 19.4. The van der Waals surface area contributed by atoms with Crippen LogP contribution in [0.3, 0.4) is 0 Å². The summed E-state index contributed by atoms with van der Waals surface area (Å²) in [5.41, 5.74) is 1.46. The standard InChI is InChI=1S/C23H24F3N5O4/c24-23(25,26)21-28-19(29-35-21)12-5-6-13-9-31(20(32)16(13)7-12)18-4-2-1-3-17(18)27-22(33)30-10-14-8-15(11-30)34-14/h5-7,14-15,17-18H,1-4,8-11H2,(H,27,33)/t14?,15?,17-,18-/m1/s1. The first kappa shape index (κ1) is 22.3. The normalized spacial score (nSPS) is 28.0. The Balaban J connectivity index is 1.18. The third-order valence-electron chi connectivity index (χ3n) is 7.35. The summed E-state index contributed by atoms with van der Waals surface area (Å²) < 4.78 is 48.4. The molecule has 3 amide bonds. The summed E-state index contributed by atoms with van der Waals surface area (Å²) in [5, 5.41) is 6.57. The fraction of sp³-hybridized carbons (Fsp3) is 0.565. The van der Waals surface area contributed by atoms with Gasteiger partial charge in [-0.3, -0.25) is 4.79 Å². The molecule has 2 aromatic rings. The molecule has 1 aromatic heterocycles. The van der Waals surface area contributed by atoms with Gasteiger partial charge in [0.2, 0.25) is 5.82 Å². The van der Waals surface area contributed by atoms with Gasteiger partial charge in [-0.25, -0.2) is 4.79 Å². The minimum absolute atomic E-state index is 0.121. The lowest BCUT2D eigenvalue weighted by molar-refractivity contribution is -0.170. The van der Waals surface area contributed by atoms with E-state index < -0.39 is 12.1 Å². The van der Waals surface area contributed by atoms with E-state index in [1.807, 2.05) is 0 Å². The zero-order valence-electron chi connectivity index (χ0n) is 18.8. The van der Waals surface area contributed by atoms with Crippen LogP contribution in [-0.4, -0.2) is 69.3 Å². The minimum Gasteiger partial charge on any atom is -0.371 e. The summed E-state index contributed by atoms with van der Waals surface area (Å²) in [6, 6.07) is 4.36. The molecule has 5 heterocycles. The number of aromatic nitrogens is 2. The number of hydrogen-bond donors (Lipinski definition) is 1. The first-order valence-electron chi connectivity index (χ1n) is 11.8. The van der Waals surface area contributed by atoms with E-state index >= 15 is 0 Å². The minimum atomic E-state index is -4.74. The van der Waals surface area contributed by atoms with Gasteiger partial charge in [-0.1, -0.05) is 30.1 Å². The van der Waals surface area contributed by atoms with E-state index in [0.29, 0.717) is 25.2 Å². The molecule has 35 heavy (non-hydrogen) atoms. The lowest BCUT2D eigenvalue weighted by Gasteiger charge is -2.47. The van der Waals surface area contributed by atoms with E-state index in [4.69, 9.17) is 4.74 Å².